The van der Waals surface area contributed by atoms with Crippen molar-refractivity contribution in [1.82, 2.24) is 9.13 Å². The first-order chi connectivity index (χ1) is 28.8. The molecule has 4 aromatic heterocycles. The second-order valence-corrected chi connectivity index (χ2v) is 16.3. The Hall–Kier alpha value is -7.40. The number of thiophene rings is 1. The van der Waals surface area contributed by atoms with E-state index in [2.05, 4.69) is 203 Å². The van der Waals surface area contributed by atoms with E-state index in [1.165, 1.54) is 80.5 Å². The second kappa shape index (κ2) is 12.1. The zero-order valence-corrected chi connectivity index (χ0v) is 32.0. The molecule has 270 valence electrons. The molecule has 0 fully saturated rings. The molecule has 58 heavy (non-hydrogen) atoms. The predicted octanol–water partition coefficient (Wildman–Crippen LogP) is 15.5. The van der Waals surface area contributed by atoms with Crippen LogP contribution in [0.2, 0.25) is 0 Å². The summed E-state index contributed by atoms with van der Waals surface area (Å²) in [5.41, 5.74) is 13.5. The van der Waals surface area contributed by atoms with Gasteiger partial charge in [-0.2, -0.15) is 0 Å². The number of benzene rings is 9. The SMILES string of the molecule is c1ccc(-c2ccc3c(c2)c2ccc4c(c5ccccc5n4-c4ccccc4)c2n3-c2ccc3oc4c(-c5cccc6c5sc5ccccc56)cccc4c3c2)cc1. The third-order valence-corrected chi connectivity index (χ3v) is 13.3. The van der Waals surface area contributed by atoms with Crippen LogP contribution in [0.1, 0.15) is 0 Å². The van der Waals surface area contributed by atoms with Gasteiger partial charge in [0.2, 0.25) is 0 Å². The molecule has 0 saturated carbocycles. The molecule has 4 heterocycles. The van der Waals surface area contributed by atoms with Crippen LogP contribution in [0.4, 0.5) is 0 Å². The fraction of sp³-hybridized carbons (Fsp3) is 0. The summed E-state index contributed by atoms with van der Waals surface area (Å²) in [6, 6.07) is 70.5. The average molecular weight is 757 g/mol. The van der Waals surface area contributed by atoms with Crippen LogP contribution in [0.5, 0.6) is 0 Å². The van der Waals surface area contributed by atoms with Crippen molar-refractivity contribution in [3.8, 4) is 33.6 Å². The van der Waals surface area contributed by atoms with Crippen LogP contribution in [-0.4, -0.2) is 9.13 Å². The van der Waals surface area contributed by atoms with Crippen molar-refractivity contribution in [2.24, 2.45) is 0 Å². The molecule has 0 radical (unpaired) electrons. The van der Waals surface area contributed by atoms with E-state index in [-0.39, 0.29) is 0 Å². The highest BCUT2D eigenvalue weighted by atomic mass is 32.1. The van der Waals surface area contributed by atoms with Crippen LogP contribution in [-0.2, 0) is 0 Å². The molecule has 0 aliphatic heterocycles. The zero-order valence-electron chi connectivity index (χ0n) is 31.2. The fourth-order valence-electron chi connectivity index (χ4n) is 9.59. The summed E-state index contributed by atoms with van der Waals surface area (Å²) in [6.07, 6.45) is 0. The maximum absolute atomic E-state index is 6.85. The Kier molecular flexibility index (Phi) is 6.60. The van der Waals surface area contributed by atoms with Gasteiger partial charge in [-0.05, 0) is 71.8 Å². The van der Waals surface area contributed by atoms with Crippen molar-refractivity contribution >= 4 is 97.1 Å². The number of hydrogen-bond donors (Lipinski definition) is 0. The summed E-state index contributed by atoms with van der Waals surface area (Å²) in [6.45, 7) is 0. The standard InChI is InChI=1S/C54H32N2OS/c1-3-13-33(14-4-1)34-25-28-47-44(31-34)38-27-29-48-51(43-18-7-9-23-46(43)55(48)35-15-5-2-6-16-35)52(38)56(47)36-26-30-49-45(32-36)40-20-11-19-39(53(40)57-49)42-22-12-21-41-37-17-8-10-24-50(37)58-54(41)42/h1-32H. The van der Waals surface area contributed by atoms with E-state index in [1.807, 2.05) is 11.3 Å². The number of nitrogens with zero attached hydrogens (tertiary/aromatic N) is 2. The van der Waals surface area contributed by atoms with Crippen molar-refractivity contribution in [2.45, 2.75) is 0 Å². The molecule has 13 aromatic rings. The maximum Gasteiger partial charge on any atom is 0.143 e. The maximum atomic E-state index is 6.85. The molecule has 0 saturated heterocycles. The molecule has 0 atom stereocenters. The highest BCUT2D eigenvalue weighted by Gasteiger charge is 2.23. The molecule has 0 bridgehead atoms. The van der Waals surface area contributed by atoms with Crippen molar-refractivity contribution in [1.29, 1.82) is 0 Å². The molecule has 0 N–H and O–H groups in total. The minimum absolute atomic E-state index is 0.882. The van der Waals surface area contributed by atoms with Gasteiger partial charge in [-0.1, -0.05) is 133 Å². The highest BCUT2D eigenvalue weighted by molar-refractivity contribution is 7.26. The van der Waals surface area contributed by atoms with E-state index in [0.29, 0.717) is 0 Å². The predicted molar refractivity (Wildman–Crippen MR) is 246 cm³/mol. The van der Waals surface area contributed by atoms with Crippen molar-refractivity contribution in [2.75, 3.05) is 0 Å². The molecular formula is C54H32N2OS. The van der Waals surface area contributed by atoms with Crippen molar-refractivity contribution in [3.05, 3.63) is 194 Å². The monoisotopic (exact) mass is 756 g/mol. The van der Waals surface area contributed by atoms with Crippen molar-refractivity contribution in [3.63, 3.8) is 0 Å². The number of aromatic nitrogens is 2. The Labute approximate surface area is 336 Å². The summed E-state index contributed by atoms with van der Waals surface area (Å²) >= 11 is 1.86. The number of fused-ring (bicyclic) bond motifs is 13. The van der Waals surface area contributed by atoms with Crippen LogP contribution < -0.4 is 0 Å². The Morgan fingerprint density at radius 1 is 0.379 bits per heavy atom. The number of rotatable bonds is 4. The molecule has 0 unspecified atom stereocenters. The molecule has 13 rings (SSSR count). The van der Waals surface area contributed by atoms with Crippen molar-refractivity contribution < 1.29 is 4.42 Å². The molecule has 9 aromatic carbocycles. The number of hydrogen-bond acceptors (Lipinski definition) is 2. The number of furan rings is 1. The lowest BCUT2D eigenvalue weighted by molar-refractivity contribution is 0.670. The first kappa shape index (κ1) is 31.8. The summed E-state index contributed by atoms with van der Waals surface area (Å²) in [4.78, 5) is 0. The van der Waals surface area contributed by atoms with Gasteiger partial charge in [-0.15, -0.1) is 11.3 Å². The van der Waals surface area contributed by atoms with Crippen LogP contribution in [0.15, 0.2) is 199 Å². The van der Waals surface area contributed by atoms with Gasteiger partial charge in [-0.3, -0.25) is 0 Å². The third kappa shape index (κ3) is 4.43. The Morgan fingerprint density at radius 2 is 1.09 bits per heavy atom. The van der Waals surface area contributed by atoms with Crippen LogP contribution in [0.25, 0.3) is 119 Å². The molecule has 0 aliphatic carbocycles. The molecule has 0 aliphatic rings. The zero-order chi connectivity index (χ0) is 37.9. The van der Waals surface area contributed by atoms with E-state index in [1.54, 1.807) is 0 Å². The minimum Gasteiger partial charge on any atom is -0.455 e. The van der Waals surface area contributed by atoms with Gasteiger partial charge < -0.3 is 13.6 Å². The van der Waals surface area contributed by atoms with Gasteiger partial charge in [0.15, 0.2) is 0 Å². The lowest BCUT2D eigenvalue weighted by atomic mass is 10.00. The largest absolute Gasteiger partial charge is 0.455 e. The lowest BCUT2D eigenvalue weighted by Gasteiger charge is -2.10. The van der Waals surface area contributed by atoms with E-state index >= 15 is 0 Å². The summed E-state index contributed by atoms with van der Waals surface area (Å²) in [5, 5.41) is 9.74. The Morgan fingerprint density at radius 3 is 1.97 bits per heavy atom. The third-order valence-electron chi connectivity index (χ3n) is 12.1. The molecule has 3 nitrogen and oxygen atoms in total. The molecule has 4 heteroatoms. The quantitative estimate of drug-likeness (QED) is 0.175. The fourth-order valence-corrected chi connectivity index (χ4v) is 10.8. The normalized spacial score (nSPS) is 12.1. The van der Waals surface area contributed by atoms with Crippen LogP contribution in [0, 0.1) is 0 Å². The van der Waals surface area contributed by atoms with Crippen LogP contribution in [0.3, 0.4) is 0 Å². The van der Waals surface area contributed by atoms with Gasteiger partial charge in [0.25, 0.3) is 0 Å². The molecular weight excluding hydrogens is 725 g/mol. The summed E-state index contributed by atoms with van der Waals surface area (Å²) < 4.78 is 14.3. The Bertz CT molecular complexity index is 3790. The first-order valence-corrected chi connectivity index (χ1v) is 20.6. The van der Waals surface area contributed by atoms with E-state index in [4.69, 9.17) is 4.42 Å². The molecule has 0 amide bonds. The van der Waals surface area contributed by atoms with E-state index < -0.39 is 0 Å². The second-order valence-electron chi connectivity index (χ2n) is 15.2. The van der Waals surface area contributed by atoms with Gasteiger partial charge in [-0.25, -0.2) is 0 Å². The lowest BCUT2D eigenvalue weighted by Crippen LogP contribution is -1.95. The topological polar surface area (TPSA) is 23.0 Å². The Balaban J connectivity index is 1.11. The average Bonchev–Trinajstić information content (AvgIpc) is 4.04. The van der Waals surface area contributed by atoms with Gasteiger partial charge in [0, 0.05) is 75.0 Å². The highest BCUT2D eigenvalue weighted by Crippen LogP contribution is 2.46. The first-order valence-electron chi connectivity index (χ1n) is 19.8. The molecule has 0 spiro atoms. The van der Waals surface area contributed by atoms with Crippen LogP contribution >= 0.6 is 11.3 Å². The summed E-state index contributed by atoms with van der Waals surface area (Å²) in [5.74, 6) is 0. The van der Waals surface area contributed by atoms with E-state index in [9.17, 15) is 0 Å². The smallest absolute Gasteiger partial charge is 0.143 e. The van der Waals surface area contributed by atoms with Gasteiger partial charge in [0.05, 0.1) is 22.1 Å². The van der Waals surface area contributed by atoms with Gasteiger partial charge >= 0.3 is 0 Å². The van der Waals surface area contributed by atoms with Gasteiger partial charge in [0.1, 0.15) is 11.2 Å². The van der Waals surface area contributed by atoms with E-state index in [0.717, 1.165) is 38.9 Å². The summed E-state index contributed by atoms with van der Waals surface area (Å²) in [7, 11) is 0. The number of para-hydroxylation sites is 3. The minimum atomic E-state index is 0.882.